The number of thiocarbonyl (C=S) groups is 2. The van der Waals surface area contributed by atoms with E-state index < -0.39 is 23.7 Å². The number of imide groups is 1. The van der Waals surface area contributed by atoms with Gasteiger partial charge in [0.1, 0.15) is 17.3 Å². The van der Waals surface area contributed by atoms with Crippen LogP contribution in [0.4, 0.5) is 20.2 Å². The first-order valence-corrected chi connectivity index (χ1v) is 12.3. The molecule has 0 radical (unpaired) electrons. The Labute approximate surface area is 233 Å². The van der Waals surface area contributed by atoms with Crippen LogP contribution in [0.1, 0.15) is 27.6 Å². The maximum Gasteiger partial charge on any atom is 0.262 e. The molecule has 1 heterocycles. The van der Waals surface area contributed by atoms with Crippen molar-refractivity contribution in [3.8, 4) is 0 Å². The summed E-state index contributed by atoms with van der Waals surface area (Å²) < 4.78 is 26.3. The van der Waals surface area contributed by atoms with Gasteiger partial charge in [-0.1, -0.05) is 12.1 Å². The smallest absolute Gasteiger partial charge is 0.262 e. The number of halogens is 2. The van der Waals surface area contributed by atoms with Gasteiger partial charge in [0.05, 0.1) is 23.4 Å². The first-order valence-electron chi connectivity index (χ1n) is 11.5. The third-order valence-electron chi connectivity index (χ3n) is 5.49. The van der Waals surface area contributed by atoms with E-state index in [0.29, 0.717) is 11.4 Å². The molecule has 13 heteroatoms. The summed E-state index contributed by atoms with van der Waals surface area (Å²) in [5, 5.41) is 14.2. The molecule has 0 spiro atoms. The van der Waals surface area contributed by atoms with Crippen LogP contribution in [0.15, 0.2) is 83.0 Å². The van der Waals surface area contributed by atoms with Crippen LogP contribution in [-0.2, 0) is 0 Å². The van der Waals surface area contributed by atoms with Gasteiger partial charge in [-0.15, -0.1) is 0 Å². The molecule has 0 saturated carbocycles. The summed E-state index contributed by atoms with van der Waals surface area (Å²) in [7, 11) is 0. The number of amides is 2. The Morgan fingerprint density at radius 1 is 0.795 bits per heavy atom. The van der Waals surface area contributed by atoms with Gasteiger partial charge in [0.2, 0.25) is 0 Å². The van der Waals surface area contributed by atoms with Gasteiger partial charge in [-0.05, 0) is 92.0 Å². The molecule has 3 aromatic carbocycles. The fourth-order valence-electron chi connectivity index (χ4n) is 3.58. The van der Waals surface area contributed by atoms with E-state index in [9.17, 15) is 18.4 Å². The SMILES string of the molecule is CC(C(/C=N/NC(=S)Nc1ccc(F)cc1)=N/NC(=S)Nc1ccc(F)cc1)N1C(=O)c2ccccc2C1=O. The predicted molar refractivity (Wildman–Crippen MR) is 154 cm³/mol. The second kappa shape index (κ2) is 12.3. The average Bonchev–Trinajstić information content (AvgIpc) is 3.18. The minimum Gasteiger partial charge on any atom is -0.331 e. The zero-order chi connectivity index (χ0) is 27.9. The van der Waals surface area contributed by atoms with Gasteiger partial charge < -0.3 is 10.6 Å². The Bertz CT molecular complexity index is 1440. The van der Waals surface area contributed by atoms with Crippen molar-refractivity contribution in [2.24, 2.45) is 10.2 Å². The first kappa shape index (κ1) is 27.4. The largest absolute Gasteiger partial charge is 0.331 e. The van der Waals surface area contributed by atoms with Crippen molar-refractivity contribution in [2.75, 3.05) is 10.6 Å². The zero-order valence-corrected chi connectivity index (χ0v) is 21.9. The fourth-order valence-corrected chi connectivity index (χ4v) is 3.91. The van der Waals surface area contributed by atoms with Crippen LogP contribution in [0, 0.1) is 11.6 Å². The maximum atomic E-state index is 13.2. The Balaban J connectivity index is 1.50. The lowest BCUT2D eigenvalue weighted by Crippen LogP contribution is -2.44. The molecule has 0 aliphatic carbocycles. The van der Waals surface area contributed by atoms with Crippen LogP contribution >= 0.6 is 24.4 Å². The lowest BCUT2D eigenvalue weighted by molar-refractivity contribution is 0.0636. The van der Waals surface area contributed by atoms with Crippen molar-refractivity contribution < 1.29 is 18.4 Å². The quantitative estimate of drug-likeness (QED) is 0.146. The van der Waals surface area contributed by atoms with E-state index in [-0.39, 0.29) is 32.9 Å². The van der Waals surface area contributed by atoms with Crippen LogP contribution in [0.2, 0.25) is 0 Å². The molecule has 4 rings (SSSR count). The Kier molecular flexibility index (Phi) is 8.63. The molecular formula is C26H21F2N7O2S2. The Hall–Kier alpha value is -4.62. The van der Waals surface area contributed by atoms with Gasteiger partial charge in [-0.2, -0.15) is 10.2 Å². The molecule has 39 heavy (non-hydrogen) atoms. The number of nitrogens with one attached hydrogen (secondary N) is 4. The normalized spacial score (nSPS) is 13.7. The fraction of sp³-hybridized carbons (Fsp3) is 0.0769. The van der Waals surface area contributed by atoms with E-state index in [1.165, 1.54) is 54.7 Å². The van der Waals surface area contributed by atoms with Gasteiger partial charge in [-0.25, -0.2) is 8.78 Å². The minimum atomic E-state index is -0.859. The maximum absolute atomic E-state index is 13.2. The number of carbonyl (C=O) groups excluding carboxylic acids is 2. The van der Waals surface area contributed by atoms with E-state index in [4.69, 9.17) is 24.4 Å². The van der Waals surface area contributed by atoms with Crippen LogP contribution in [0.25, 0.3) is 0 Å². The number of hydrogen-bond donors (Lipinski definition) is 4. The minimum absolute atomic E-state index is 0.0727. The number of benzene rings is 3. The number of hydrogen-bond acceptors (Lipinski definition) is 6. The molecule has 1 atom stereocenters. The molecule has 0 bridgehead atoms. The zero-order valence-electron chi connectivity index (χ0n) is 20.3. The number of rotatable bonds is 7. The second-order valence-corrected chi connectivity index (χ2v) is 8.96. The van der Waals surface area contributed by atoms with Crippen LogP contribution in [-0.4, -0.2) is 44.9 Å². The molecule has 4 N–H and O–H groups in total. The molecule has 198 valence electrons. The lowest BCUT2D eigenvalue weighted by Gasteiger charge is -2.22. The topological polar surface area (TPSA) is 110 Å². The average molecular weight is 566 g/mol. The van der Waals surface area contributed by atoms with E-state index in [1.54, 1.807) is 31.2 Å². The molecule has 1 unspecified atom stereocenters. The van der Waals surface area contributed by atoms with Gasteiger partial charge in [0.15, 0.2) is 10.2 Å². The first-order chi connectivity index (χ1) is 18.7. The van der Waals surface area contributed by atoms with Gasteiger partial charge in [0.25, 0.3) is 11.8 Å². The summed E-state index contributed by atoms with van der Waals surface area (Å²) >= 11 is 10.5. The second-order valence-electron chi connectivity index (χ2n) is 8.14. The highest BCUT2D eigenvalue weighted by Gasteiger charge is 2.39. The van der Waals surface area contributed by atoms with Crippen molar-refractivity contribution in [1.29, 1.82) is 0 Å². The molecule has 1 aliphatic heterocycles. The number of carbonyl (C=O) groups is 2. The molecule has 2 amide bonds. The van der Waals surface area contributed by atoms with E-state index >= 15 is 0 Å². The van der Waals surface area contributed by atoms with E-state index in [0.717, 1.165) is 4.90 Å². The van der Waals surface area contributed by atoms with Crippen molar-refractivity contribution >= 4 is 69.8 Å². The van der Waals surface area contributed by atoms with Crippen LogP contribution < -0.4 is 21.5 Å². The Morgan fingerprint density at radius 2 is 1.26 bits per heavy atom. The molecule has 1 aliphatic rings. The number of fused-ring (bicyclic) bond motifs is 1. The molecule has 9 nitrogen and oxygen atoms in total. The molecule has 0 aromatic heterocycles. The lowest BCUT2D eigenvalue weighted by atomic mass is 10.1. The summed E-state index contributed by atoms with van der Waals surface area (Å²) in [4.78, 5) is 27.1. The third-order valence-corrected chi connectivity index (χ3v) is 5.88. The summed E-state index contributed by atoms with van der Waals surface area (Å²) in [6.07, 6.45) is 1.28. The standard InChI is InChI=1S/C26H21F2N7O2S2/c1-15(35-23(36)20-4-2-3-5-21(20)24(35)37)22(32-34-26(39)31-19-12-8-17(28)9-13-19)14-29-33-25(38)30-18-10-6-16(27)7-11-18/h2-15H,1H3,(H2,30,33,38)(H2,31,34,39)/b29-14+,32-22+. The number of nitrogens with zero attached hydrogens (tertiary/aromatic N) is 3. The summed E-state index contributed by atoms with van der Waals surface area (Å²) in [5.41, 5.74) is 7.04. The molecule has 0 saturated heterocycles. The third kappa shape index (κ3) is 6.83. The molecular weight excluding hydrogens is 544 g/mol. The van der Waals surface area contributed by atoms with Crippen LogP contribution in [0.5, 0.6) is 0 Å². The Morgan fingerprint density at radius 3 is 1.74 bits per heavy atom. The number of hydrazone groups is 2. The van der Waals surface area contributed by atoms with Gasteiger partial charge in [-0.3, -0.25) is 25.3 Å². The highest BCUT2D eigenvalue weighted by molar-refractivity contribution is 7.80. The monoisotopic (exact) mass is 565 g/mol. The highest BCUT2D eigenvalue weighted by Crippen LogP contribution is 2.24. The summed E-state index contributed by atoms with van der Waals surface area (Å²) in [6.45, 7) is 1.61. The van der Waals surface area contributed by atoms with Gasteiger partial charge >= 0.3 is 0 Å². The van der Waals surface area contributed by atoms with Crippen molar-refractivity contribution in [2.45, 2.75) is 13.0 Å². The highest BCUT2D eigenvalue weighted by atomic mass is 32.1. The number of anilines is 2. The predicted octanol–water partition coefficient (Wildman–Crippen LogP) is 4.26. The van der Waals surface area contributed by atoms with E-state index in [1.807, 2.05) is 0 Å². The van der Waals surface area contributed by atoms with Gasteiger partial charge in [0, 0.05) is 11.4 Å². The van der Waals surface area contributed by atoms with Crippen LogP contribution in [0.3, 0.4) is 0 Å². The van der Waals surface area contributed by atoms with Crippen molar-refractivity contribution in [1.82, 2.24) is 15.8 Å². The van der Waals surface area contributed by atoms with E-state index in [2.05, 4.69) is 31.7 Å². The molecule has 0 fully saturated rings. The van der Waals surface area contributed by atoms with Crippen molar-refractivity contribution in [3.05, 3.63) is 95.6 Å². The summed E-state index contributed by atoms with van der Waals surface area (Å²) in [6, 6.07) is 16.7. The van der Waals surface area contributed by atoms with Crippen molar-refractivity contribution in [3.63, 3.8) is 0 Å². The summed E-state index contributed by atoms with van der Waals surface area (Å²) in [5.74, 6) is -1.74. The molecule has 3 aromatic rings.